The van der Waals surface area contributed by atoms with E-state index in [4.69, 9.17) is 14.4 Å². The Bertz CT molecular complexity index is 3480. The molecule has 12 rings (SSSR count). The standard InChI is InChI=1S/C50H30N4O/c1-3-14-31(15-4-1)48-49(52-41-23-10-9-22-40(41)51-48)32-16-13-19-34(28-32)54-43-27-26-37-36-21-8-12-25-46(36)55-50(37)47(43)39-29-38-35-20-7-11-24-42(35)53(44(38)30-45(39)54)33-17-5-2-6-18-33/h1-30H. The fourth-order valence-electron chi connectivity index (χ4n) is 8.67. The van der Waals surface area contributed by atoms with Crippen molar-refractivity contribution in [2.45, 2.75) is 0 Å². The number of fused-ring (bicyclic) bond motifs is 11. The van der Waals surface area contributed by atoms with Crippen LogP contribution in [0.2, 0.25) is 0 Å². The normalized spacial score (nSPS) is 12.0. The van der Waals surface area contributed by atoms with Crippen LogP contribution in [-0.4, -0.2) is 19.1 Å². The fraction of sp³-hybridized carbons (Fsp3) is 0. The van der Waals surface area contributed by atoms with Gasteiger partial charge < -0.3 is 13.6 Å². The molecule has 0 spiro atoms. The molecule has 4 heterocycles. The molecule has 0 aliphatic heterocycles. The summed E-state index contributed by atoms with van der Waals surface area (Å²) in [6.07, 6.45) is 0. The Kier molecular flexibility index (Phi) is 6.27. The number of hydrogen-bond donors (Lipinski definition) is 0. The average molecular weight is 703 g/mol. The molecule has 0 saturated carbocycles. The number of hydrogen-bond acceptors (Lipinski definition) is 3. The van der Waals surface area contributed by atoms with Crippen LogP contribution < -0.4 is 0 Å². The van der Waals surface area contributed by atoms with Crippen molar-refractivity contribution in [1.29, 1.82) is 0 Å². The highest BCUT2D eigenvalue weighted by molar-refractivity contribution is 6.26. The van der Waals surface area contributed by atoms with Crippen molar-refractivity contribution in [3.8, 4) is 33.9 Å². The molecule has 0 fully saturated rings. The van der Waals surface area contributed by atoms with Gasteiger partial charge in [-0.3, -0.25) is 0 Å². The summed E-state index contributed by atoms with van der Waals surface area (Å²) in [6.45, 7) is 0. The summed E-state index contributed by atoms with van der Waals surface area (Å²) in [5.74, 6) is 0. The lowest BCUT2D eigenvalue weighted by Gasteiger charge is -2.13. The summed E-state index contributed by atoms with van der Waals surface area (Å²) in [5.41, 5.74) is 13.9. The molecule has 256 valence electrons. The van der Waals surface area contributed by atoms with Crippen LogP contribution in [0.1, 0.15) is 0 Å². The van der Waals surface area contributed by atoms with Gasteiger partial charge in [-0.05, 0) is 72.8 Å². The Balaban J connectivity index is 1.20. The Morgan fingerprint density at radius 2 is 0.982 bits per heavy atom. The number of para-hydroxylation sites is 5. The quantitative estimate of drug-likeness (QED) is 0.183. The van der Waals surface area contributed by atoms with Gasteiger partial charge in [0.15, 0.2) is 0 Å². The second-order valence-electron chi connectivity index (χ2n) is 14.2. The van der Waals surface area contributed by atoms with Crippen LogP contribution in [-0.2, 0) is 0 Å². The SMILES string of the molecule is c1ccc(-c2nc3ccccc3nc2-c2cccc(-n3c4cc5c(cc4c4c6oc7ccccc7c6ccc43)c3ccccc3n5-c3ccccc3)c2)cc1. The van der Waals surface area contributed by atoms with Gasteiger partial charge in [-0.25, -0.2) is 9.97 Å². The van der Waals surface area contributed by atoms with Crippen molar-refractivity contribution in [3.05, 3.63) is 182 Å². The average Bonchev–Trinajstić information content (AvgIpc) is 3.90. The Morgan fingerprint density at radius 1 is 0.364 bits per heavy atom. The van der Waals surface area contributed by atoms with E-state index in [2.05, 4.69) is 155 Å². The highest BCUT2D eigenvalue weighted by Crippen LogP contribution is 2.44. The Morgan fingerprint density at radius 3 is 1.80 bits per heavy atom. The van der Waals surface area contributed by atoms with Gasteiger partial charge in [0.05, 0.1) is 49.9 Å². The van der Waals surface area contributed by atoms with Crippen molar-refractivity contribution in [3.63, 3.8) is 0 Å². The van der Waals surface area contributed by atoms with Crippen LogP contribution in [0.3, 0.4) is 0 Å². The van der Waals surface area contributed by atoms with Crippen LogP contribution in [0.4, 0.5) is 0 Å². The molecule has 0 unspecified atom stereocenters. The lowest BCUT2D eigenvalue weighted by Crippen LogP contribution is -1.98. The topological polar surface area (TPSA) is 48.8 Å². The Hall–Kier alpha value is -7.50. The van der Waals surface area contributed by atoms with E-state index in [9.17, 15) is 0 Å². The first kappa shape index (κ1) is 30.0. The van der Waals surface area contributed by atoms with Crippen molar-refractivity contribution < 1.29 is 4.42 Å². The molecule has 55 heavy (non-hydrogen) atoms. The third-order valence-corrected chi connectivity index (χ3v) is 11.1. The monoisotopic (exact) mass is 702 g/mol. The van der Waals surface area contributed by atoms with Crippen molar-refractivity contribution in [2.75, 3.05) is 0 Å². The Labute approximate surface area is 315 Å². The lowest BCUT2D eigenvalue weighted by molar-refractivity contribution is 0.673. The van der Waals surface area contributed by atoms with Gasteiger partial charge in [0.25, 0.3) is 0 Å². The van der Waals surface area contributed by atoms with E-state index in [1.807, 2.05) is 36.4 Å². The second kappa shape index (κ2) is 11.5. The summed E-state index contributed by atoms with van der Waals surface area (Å²) in [7, 11) is 0. The van der Waals surface area contributed by atoms with Gasteiger partial charge in [0.1, 0.15) is 11.2 Å². The molecular weight excluding hydrogens is 673 g/mol. The number of rotatable bonds is 4. The van der Waals surface area contributed by atoms with E-state index in [-0.39, 0.29) is 0 Å². The molecule has 8 aromatic carbocycles. The number of nitrogens with zero attached hydrogens (tertiary/aromatic N) is 4. The maximum atomic E-state index is 6.76. The van der Waals surface area contributed by atoms with Gasteiger partial charge in [-0.1, -0.05) is 109 Å². The number of benzene rings is 8. The number of furan rings is 1. The summed E-state index contributed by atoms with van der Waals surface area (Å²) in [5, 5.41) is 6.89. The van der Waals surface area contributed by atoms with Crippen LogP contribution >= 0.6 is 0 Å². The van der Waals surface area contributed by atoms with E-state index in [1.54, 1.807) is 0 Å². The van der Waals surface area contributed by atoms with E-state index < -0.39 is 0 Å². The highest BCUT2D eigenvalue weighted by Gasteiger charge is 2.23. The smallest absolute Gasteiger partial charge is 0.145 e. The molecule has 0 radical (unpaired) electrons. The van der Waals surface area contributed by atoms with E-state index in [0.29, 0.717) is 0 Å². The fourth-order valence-corrected chi connectivity index (χ4v) is 8.67. The summed E-state index contributed by atoms with van der Waals surface area (Å²) >= 11 is 0. The largest absolute Gasteiger partial charge is 0.455 e. The molecule has 0 bridgehead atoms. The van der Waals surface area contributed by atoms with E-state index in [0.717, 1.165) is 94.2 Å². The molecule has 5 heteroatoms. The maximum absolute atomic E-state index is 6.76. The van der Waals surface area contributed by atoms with Gasteiger partial charge in [-0.2, -0.15) is 0 Å². The van der Waals surface area contributed by atoms with Gasteiger partial charge >= 0.3 is 0 Å². The summed E-state index contributed by atoms with van der Waals surface area (Å²) in [6, 6.07) is 64.1. The third kappa shape index (κ3) is 4.41. The summed E-state index contributed by atoms with van der Waals surface area (Å²) in [4.78, 5) is 10.4. The molecule has 0 amide bonds. The minimum atomic E-state index is 0.846. The third-order valence-electron chi connectivity index (χ3n) is 11.1. The first-order chi connectivity index (χ1) is 27.3. The van der Waals surface area contributed by atoms with Crippen molar-refractivity contribution in [1.82, 2.24) is 19.1 Å². The van der Waals surface area contributed by atoms with E-state index in [1.165, 1.54) is 16.3 Å². The maximum Gasteiger partial charge on any atom is 0.145 e. The van der Waals surface area contributed by atoms with E-state index >= 15 is 0 Å². The molecule has 0 atom stereocenters. The summed E-state index contributed by atoms with van der Waals surface area (Å²) < 4.78 is 11.5. The minimum absolute atomic E-state index is 0.846. The lowest BCUT2D eigenvalue weighted by atomic mass is 10.0. The molecule has 12 aromatic rings. The van der Waals surface area contributed by atoms with Gasteiger partial charge in [-0.15, -0.1) is 0 Å². The second-order valence-corrected chi connectivity index (χ2v) is 14.2. The van der Waals surface area contributed by atoms with Crippen molar-refractivity contribution >= 4 is 76.6 Å². The molecule has 0 N–H and O–H groups in total. The molecule has 0 saturated heterocycles. The highest BCUT2D eigenvalue weighted by atomic mass is 16.3. The molecule has 5 nitrogen and oxygen atoms in total. The predicted octanol–water partition coefficient (Wildman–Crippen LogP) is 13.1. The molecular formula is C50H30N4O. The van der Waals surface area contributed by atoms with Crippen LogP contribution in [0.25, 0.3) is 110 Å². The zero-order chi connectivity index (χ0) is 36.0. The molecule has 0 aliphatic rings. The van der Waals surface area contributed by atoms with Crippen LogP contribution in [0.5, 0.6) is 0 Å². The minimum Gasteiger partial charge on any atom is -0.455 e. The molecule has 4 aromatic heterocycles. The molecule has 0 aliphatic carbocycles. The van der Waals surface area contributed by atoms with Gasteiger partial charge in [0.2, 0.25) is 0 Å². The first-order valence-corrected chi connectivity index (χ1v) is 18.6. The number of aromatic nitrogens is 4. The van der Waals surface area contributed by atoms with Gasteiger partial charge in [0, 0.05) is 49.4 Å². The zero-order valence-electron chi connectivity index (χ0n) is 29.5. The van der Waals surface area contributed by atoms with Crippen LogP contribution in [0, 0.1) is 0 Å². The predicted molar refractivity (Wildman–Crippen MR) is 226 cm³/mol. The zero-order valence-corrected chi connectivity index (χ0v) is 29.5. The first-order valence-electron chi connectivity index (χ1n) is 18.6. The van der Waals surface area contributed by atoms with Crippen LogP contribution in [0.15, 0.2) is 186 Å². The van der Waals surface area contributed by atoms with Crippen molar-refractivity contribution in [2.24, 2.45) is 0 Å².